The molecule has 1 aromatic heterocycles. The Labute approximate surface area is 136 Å². The van der Waals surface area contributed by atoms with E-state index in [9.17, 15) is 9.18 Å². The number of aromatic nitrogens is 2. The lowest BCUT2D eigenvalue weighted by Gasteiger charge is -2.02. The van der Waals surface area contributed by atoms with E-state index in [-0.39, 0.29) is 18.0 Å². The molecular weight excluding hydrogens is 319 g/mol. The van der Waals surface area contributed by atoms with Crippen molar-refractivity contribution in [2.24, 2.45) is 0 Å². The van der Waals surface area contributed by atoms with Gasteiger partial charge in [0.2, 0.25) is 0 Å². The number of benzene rings is 2. The van der Waals surface area contributed by atoms with Gasteiger partial charge in [0.25, 0.3) is 0 Å². The van der Waals surface area contributed by atoms with Crippen LogP contribution in [0.5, 0.6) is 0 Å². The molecule has 0 radical (unpaired) electrons. The summed E-state index contributed by atoms with van der Waals surface area (Å²) in [5, 5.41) is 0.305. The predicted octanol–water partition coefficient (Wildman–Crippen LogP) is 3.81. The molecule has 0 aliphatic rings. The van der Waals surface area contributed by atoms with Crippen molar-refractivity contribution in [1.29, 1.82) is 0 Å². The minimum Gasteiger partial charge on any atom is -0.449 e. The number of nitrogens with zero attached hydrogens (tertiary/aromatic N) is 1. The molecule has 0 aliphatic heterocycles. The van der Waals surface area contributed by atoms with Crippen LogP contribution in [0.4, 0.5) is 4.39 Å². The molecule has 114 valence electrons. The Morgan fingerprint density at radius 1 is 1.35 bits per heavy atom. The van der Waals surface area contributed by atoms with Gasteiger partial charge >= 0.3 is 5.97 Å². The number of H-pyrrole nitrogens is 1. The van der Waals surface area contributed by atoms with Gasteiger partial charge in [0, 0.05) is 5.56 Å². The topological polar surface area (TPSA) is 55.0 Å². The summed E-state index contributed by atoms with van der Waals surface area (Å²) >= 11 is 6.18. The summed E-state index contributed by atoms with van der Waals surface area (Å²) in [6, 6.07) is 8.93. The van der Waals surface area contributed by atoms with E-state index in [0.29, 0.717) is 27.4 Å². The molecule has 0 saturated carbocycles. The first-order valence-corrected chi connectivity index (χ1v) is 7.02. The maximum absolute atomic E-state index is 13.0. The van der Waals surface area contributed by atoms with E-state index in [1.54, 1.807) is 18.2 Å². The van der Waals surface area contributed by atoms with Gasteiger partial charge in [-0.1, -0.05) is 17.5 Å². The third-order valence-electron chi connectivity index (χ3n) is 3.18. The smallest absolute Gasteiger partial charge is 0.339 e. The minimum absolute atomic E-state index is 0.113. The molecule has 4 nitrogen and oxygen atoms in total. The molecule has 0 aliphatic carbocycles. The Morgan fingerprint density at radius 2 is 2.09 bits per heavy atom. The van der Waals surface area contributed by atoms with Crippen molar-refractivity contribution in [2.75, 3.05) is 6.61 Å². The molecule has 1 heterocycles. The van der Waals surface area contributed by atoms with E-state index < -0.39 is 5.97 Å². The number of terminal acetylenes is 1. The zero-order chi connectivity index (χ0) is 16.4. The number of hydrogen-bond donors (Lipinski definition) is 1. The maximum Gasteiger partial charge on any atom is 0.339 e. The van der Waals surface area contributed by atoms with Gasteiger partial charge in [-0.25, -0.2) is 14.2 Å². The van der Waals surface area contributed by atoms with Gasteiger partial charge in [-0.2, -0.15) is 0 Å². The summed E-state index contributed by atoms with van der Waals surface area (Å²) in [6.45, 7) is -0.113. The summed E-state index contributed by atoms with van der Waals surface area (Å²) in [5.74, 6) is 1.85. The number of ether oxygens (including phenoxy) is 1. The average molecular weight is 329 g/mol. The second-order valence-corrected chi connectivity index (χ2v) is 5.13. The van der Waals surface area contributed by atoms with Crippen LogP contribution in [0.2, 0.25) is 5.02 Å². The van der Waals surface area contributed by atoms with Crippen molar-refractivity contribution in [3.8, 4) is 23.7 Å². The molecule has 0 unspecified atom stereocenters. The fourth-order valence-electron chi connectivity index (χ4n) is 2.13. The average Bonchev–Trinajstić information content (AvgIpc) is 2.98. The normalized spacial score (nSPS) is 10.5. The van der Waals surface area contributed by atoms with Crippen molar-refractivity contribution in [2.45, 2.75) is 0 Å². The van der Waals surface area contributed by atoms with Crippen molar-refractivity contribution in [1.82, 2.24) is 9.97 Å². The zero-order valence-corrected chi connectivity index (χ0v) is 12.5. The standard InChI is InChI=1S/C17H10ClFN2O2/c1-2-7-23-17(22)11-8-13(18)15-14(9-11)20-16(21-15)10-3-5-12(19)6-4-10/h1,3-6,8-9H,7H2,(H,20,21). The Hall–Kier alpha value is -2.84. The minimum atomic E-state index is -0.565. The highest BCUT2D eigenvalue weighted by atomic mass is 35.5. The van der Waals surface area contributed by atoms with Crippen LogP contribution in [0.15, 0.2) is 36.4 Å². The van der Waals surface area contributed by atoms with Gasteiger partial charge in [-0.3, -0.25) is 0 Å². The van der Waals surface area contributed by atoms with Crippen LogP contribution in [-0.2, 0) is 4.74 Å². The molecule has 3 aromatic rings. The van der Waals surface area contributed by atoms with Crippen LogP contribution in [0.25, 0.3) is 22.4 Å². The molecule has 0 atom stereocenters. The first kappa shape index (κ1) is 15.1. The Balaban J connectivity index is 2.02. The number of aromatic amines is 1. The number of rotatable bonds is 3. The van der Waals surface area contributed by atoms with Crippen molar-refractivity contribution < 1.29 is 13.9 Å². The molecule has 0 fully saturated rings. The van der Waals surface area contributed by atoms with Crippen LogP contribution in [-0.4, -0.2) is 22.5 Å². The lowest BCUT2D eigenvalue weighted by Crippen LogP contribution is -2.05. The van der Waals surface area contributed by atoms with Crippen molar-refractivity contribution in [3.05, 3.63) is 52.8 Å². The molecule has 23 heavy (non-hydrogen) atoms. The van der Waals surface area contributed by atoms with Gasteiger partial charge in [0.15, 0.2) is 6.61 Å². The van der Waals surface area contributed by atoms with E-state index in [1.165, 1.54) is 18.2 Å². The van der Waals surface area contributed by atoms with Crippen molar-refractivity contribution >= 4 is 28.6 Å². The third-order valence-corrected chi connectivity index (χ3v) is 3.47. The molecule has 0 spiro atoms. The number of carbonyl (C=O) groups excluding carboxylic acids is 1. The second-order valence-electron chi connectivity index (χ2n) is 4.73. The van der Waals surface area contributed by atoms with Crippen molar-refractivity contribution in [3.63, 3.8) is 0 Å². The monoisotopic (exact) mass is 328 g/mol. The van der Waals surface area contributed by atoms with E-state index in [0.717, 1.165) is 0 Å². The Bertz CT molecular complexity index is 926. The molecule has 2 aromatic carbocycles. The number of halogens is 2. The van der Waals surface area contributed by atoms with Crippen LogP contribution in [0.3, 0.4) is 0 Å². The van der Waals surface area contributed by atoms with Gasteiger partial charge in [-0.05, 0) is 36.4 Å². The molecular formula is C17H10ClFN2O2. The molecule has 1 N–H and O–H groups in total. The zero-order valence-electron chi connectivity index (χ0n) is 11.8. The number of esters is 1. The predicted molar refractivity (Wildman–Crippen MR) is 85.6 cm³/mol. The van der Waals surface area contributed by atoms with Gasteiger partial charge < -0.3 is 9.72 Å². The summed E-state index contributed by atoms with van der Waals surface area (Å²) in [7, 11) is 0. The maximum atomic E-state index is 13.0. The molecule has 0 amide bonds. The number of fused-ring (bicyclic) bond motifs is 1. The Morgan fingerprint density at radius 3 is 2.78 bits per heavy atom. The number of nitrogens with one attached hydrogen (secondary N) is 1. The van der Waals surface area contributed by atoms with Crippen LogP contribution in [0, 0.1) is 18.2 Å². The molecule has 0 saturated heterocycles. The first-order chi connectivity index (χ1) is 11.1. The molecule has 0 bridgehead atoms. The summed E-state index contributed by atoms with van der Waals surface area (Å²) < 4.78 is 17.9. The summed E-state index contributed by atoms with van der Waals surface area (Å²) in [5.41, 5.74) is 2.06. The van der Waals surface area contributed by atoms with Crippen LogP contribution < -0.4 is 0 Å². The first-order valence-electron chi connectivity index (χ1n) is 6.64. The largest absolute Gasteiger partial charge is 0.449 e. The summed E-state index contributed by atoms with van der Waals surface area (Å²) in [6.07, 6.45) is 5.06. The van der Waals surface area contributed by atoms with E-state index in [4.69, 9.17) is 22.8 Å². The lowest BCUT2D eigenvalue weighted by atomic mass is 10.2. The van der Waals surface area contributed by atoms with Gasteiger partial charge in [0.1, 0.15) is 17.2 Å². The molecule has 6 heteroatoms. The number of imidazole rings is 1. The van der Waals surface area contributed by atoms with Crippen LogP contribution >= 0.6 is 11.6 Å². The highest BCUT2D eigenvalue weighted by Crippen LogP contribution is 2.27. The third kappa shape index (κ3) is 3.03. The number of hydrogen-bond acceptors (Lipinski definition) is 3. The fourth-order valence-corrected chi connectivity index (χ4v) is 2.39. The highest BCUT2D eigenvalue weighted by molar-refractivity contribution is 6.35. The van der Waals surface area contributed by atoms with E-state index in [1.807, 2.05) is 0 Å². The second kappa shape index (κ2) is 6.11. The van der Waals surface area contributed by atoms with E-state index in [2.05, 4.69) is 15.9 Å². The fraction of sp³-hybridized carbons (Fsp3) is 0.0588. The highest BCUT2D eigenvalue weighted by Gasteiger charge is 2.14. The summed E-state index contributed by atoms with van der Waals surface area (Å²) in [4.78, 5) is 19.3. The lowest BCUT2D eigenvalue weighted by molar-refractivity contribution is 0.0557. The molecule has 3 rings (SSSR count). The van der Waals surface area contributed by atoms with Crippen LogP contribution in [0.1, 0.15) is 10.4 Å². The number of carbonyl (C=O) groups is 1. The quantitative estimate of drug-likeness (QED) is 0.587. The Kier molecular flexibility index (Phi) is 4.00. The van der Waals surface area contributed by atoms with Gasteiger partial charge in [0.05, 0.1) is 16.1 Å². The van der Waals surface area contributed by atoms with Gasteiger partial charge in [-0.15, -0.1) is 6.42 Å². The van der Waals surface area contributed by atoms with E-state index >= 15 is 0 Å². The SMILES string of the molecule is C#CCOC(=O)c1cc(Cl)c2nc(-c3ccc(F)cc3)[nH]c2c1.